The molecule has 0 radical (unpaired) electrons. The molecular weight excluding hydrogens is 404 g/mol. The quantitative estimate of drug-likeness (QED) is 0.236. The molecule has 0 spiro atoms. The normalized spacial score (nSPS) is 41.9. The molecule has 6 N–H and O–H groups in total. The second-order valence-electron chi connectivity index (χ2n) is 7.52. The molecule has 0 saturated carbocycles. The molecule has 10 atom stereocenters. The number of amides is 2. The van der Waals surface area contributed by atoms with Gasteiger partial charge < -0.3 is 50.0 Å². The Balaban J connectivity index is 2.28. The zero-order chi connectivity index (χ0) is 22.6. The van der Waals surface area contributed by atoms with Crippen molar-refractivity contribution in [2.75, 3.05) is 20.3 Å². The van der Waals surface area contributed by atoms with Gasteiger partial charge in [0.1, 0.15) is 42.7 Å². The average Bonchev–Trinajstić information content (AvgIpc) is 2.68. The molecule has 0 aromatic rings. The summed E-state index contributed by atoms with van der Waals surface area (Å²) >= 11 is 0. The number of rotatable bonds is 7. The summed E-state index contributed by atoms with van der Waals surface area (Å²) in [6, 6.07) is -1.93. The molecule has 2 amide bonds. The molecule has 12 heteroatoms. The molecule has 2 saturated heterocycles. The highest BCUT2D eigenvalue weighted by Gasteiger charge is 2.51. The van der Waals surface area contributed by atoms with Crippen LogP contribution in [-0.2, 0) is 28.5 Å². The van der Waals surface area contributed by atoms with Gasteiger partial charge in [-0.3, -0.25) is 9.59 Å². The summed E-state index contributed by atoms with van der Waals surface area (Å²) in [5, 5.41) is 45.9. The van der Waals surface area contributed by atoms with Gasteiger partial charge in [-0.15, -0.1) is 0 Å². The van der Waals surface area contributed by atoms with E-state index in [0.29, 0.717) is 0 Å². The number of nitrogens with one attached hydrogen (secondary N) is 2. The number of methoxy groups -OCH3 is 1. The lowest BCUT2D eigenvalue weighted by Crippen LogP contribution is -2.69. The van der Waals surface area contributed by atoms with E-state index in [0.717, 1.165) is 0 Å². The first-order chi connectivity index (χ1) is 14.1. The zero-order valence-electron chi connectivity index (χ0n) is 17.4. The Morgan fingerprint density at radius 2 is 1.40 bits per heavy atom. The minimum Gasteiger partial charge on any atom is -0.394 e. The van der Waals surface area contributed by atoms with Crippen LogP contribution in [0, 0.1) is 0 Å². The minimum absolute atomic E-state index is 0.389. The monoisotopic (exact) mass is 436 g/mol. The van der Waals surface area contributed by atoms with E-state index in [9.17, 15) is 30.0 Å². The number of aliphatic hydroxyl groups is 4. The fourth-order valence-corrected chi connectivity index (χ4v) is 3.91. The van der Waals surface area contributed by atoms with Crippen molar-refractivity contribution in [2.45, 2.75) is 81.9 Å². The van der Waals surface area contributed by atoms with Crippen molar-refractivity contribution < 1.29 is 49.0 Å². The van der Waals surface area contributed by atoms with Gasteiger partial charge in [0.05, 0.1) is 25.4 Å². The highest BCUT2D eigenvalue weighted by atomic mass is 16.7. The fraction of sp³-hybridized carbons (Fsp3) is 0.889. The molecule has 0 bridgehead atoms. The summed E-state index contributed by atoms with van der Waals surface area (Å²) in [5.41, 5.74) is 0. The predicted molar refractivity (Wildman–Crippen MR) is 100 cm³/mol. The smallest absolute Gasteiger partial charge is 0.217 e. The summed E-state index contributed by atoms with van der Waals surface area (Å²) < 4.78 is 22.4. The first-order valence-corrected chi connectivity index (χ1v) is 9.75. The summed E-state index contributed by atoms with van der Waals surface area (Å²) in [6.45, 7) is 3.17. The lowest BCUT2D eigenvalue weighted by Gasteiger charge is -2.48. The van der Waals surface area contributed by atoms with E-state index in [2.05, 4.69) is 10.6 Å². The molecule has 2 rings (SSSR count). The lowest BCUT2D eigenvalue weighted by molar-refractivity contribution is -0.315. The van der Waals surface area contributed by atoms with E-state index in [1.165, 1.54) is 21.0 Å². The zero-order valence-corrected chi connectivity index (χ0v) is 17.4. The molecule has 0 aromatic heterocycles. The first kappa shape index (κ1) is 24.9. The van der Waals surface area contributed by atoms with Crippen LogP contribution in [0.4, 0.5) is 0 Å². The van der Waals surface area contributed by atoms with Crippen LogP contribution >= 0.6 is 0 Å². The number of aliphatic hydroxyl groups excluding tert-OH is 4. The highest BCUT2D eigenvalue weighted by molar-refractivity contribution is 5.73. The SMILES string of the molecule is CO[C@@H]1C(CO)O[C@@H](O[C@@H]2C(CO)O[C@@H](C)C(NC(C)=O)[C@H]2O)C(NC(C)=O)[C@H]1O. The third kappa shape index (κ3) is 5.45. The number of hydrogen-bond acceptors (Lipinski definition) is 10. The van der Waals surface area contributed by atoms with Crippen molar-refractivity contribution in [3.8, 4) is 0 Å². The van der Waals surface area contributed by atoms with Gasteiger partial charge in [0.25, 0.3) is 0 Å². The number of hydrogen-bond donors (Lipinski definition) is 6. The molecule has 0 aromatic carbocycles. The van der Waals surface area contributed by atoms with Gasteiger partial charge >= 0.3 is 0 Å². The average molecular weight is 436 g/mol. The molecular formula is C18H32N2O10. The maximum Gasteiger partial charge on any atom is 0.217 e. The van der Waals surface area contributed by atoms with E-state index < -0.39 is 80.2 Å². The van der Waals surface area contributed by atoms with Crippen molar-refractivity contribution in [1.82, 2.24) is 10.6 Å². The maximum absolute atomic E-state index is 11.7. The van der Waals surface area contributed by atoms with Crippen molar-refractivity contribution in [3.05, 3.63) is 0 Å². The number of carbonyl (C=O) groups excluding carboxylic acids is 2. The molecule has 2 aliphatic rings. The lowest BCUT2D eigenvalue weighted by atomic mass is 9.92. The van der Waals surface area contributed by atoms with Crippen LogP contribution in [-0.4, -0.2) is 114 Å². The maximum atomic E-state index is 11.7. The van der Waals surface area contributed by atoms with Crippen molar-refractivity contribution in [2.24, 2.45) is 0 Å². The van der Waals surface area contributed by atoms with E-state index in [-0.39, 0.29) is 5.91 Å². The second kappa shape index (κ2) is 10.8. The van der Waals surface area contributed by atoms with E-state index in [1.807, 2.05) is 0 Å². The molecule has 2 heterocycles. The van der Waals surface area contributed by atoms with Crippen molar-refractivity contribution >= 4 is 11.8 Å². The Hall–Kier alpha value is -1.38. The third-order valence-electron chi connectivity index (χ3n) is 5.30. The highest BCUT2D eigenvalue weighted by Crippen LogP contribution is 2.30. The number of ether oxygens (including phenoxy) is 4. The molecule has 2 fully saturated rings. The van der Waals surface area contributed by atoms with Crippen LogP contribution in [0.3, 0.4) is 0 Å². The summed E-state index contributed by atoms with van der Waals surface area (Å²) in [5.74, 6) is -0.864. The second-order valence-corrected chi connectivity index (χ2v) is 7.52. The van der Waals surface area contributed by atoms with Gasteiger partial charge in [0.2, 0.25) is 11.8 Å². The Morgan fingerprint density at radius 3 is 1.90 bits per heavy atom. The largest absolute Gasteiger partial charge is 0.394 e. The van der Waals surface area contributed by atoms with Gasteiger partial charge in [-0.05, 0) is 6.92 Å². The van der Waals surface area contributed by atoms with Gasteiger partial charge in [-0.1, -0.05) is 0 Å². The topological polar surface area (TPSA) is 176 Å². The van der Waals surface area contributed by atoms with Crippen LogP contribution in [0.25, 0.3) is 0 Å². The summed E-state index contributed by atoms with van der Waals surface area (Å²) in [4.78, 5) is 23.2. The van der Waals surface area contributed by atoms with Crippen LogP contribution in [0.15, 0.2) is 0 Å². The van der Waals surface area contributed by atoms with E-state index in [1.54, 1.807) is 6.92 Å². The molecule has 2 aliphatic heterocycles. The Kier molecular flexibility index (Phi) is 8.94. The summed E-state index contributed by atoms with van der Waals surface area (Å²) in [7, 11) is 1.33. The Bertz CT molecular complexity index is 593. The molecule has 12 nitrogen and oxygen atoms in total. The van der Waals surface area contributed by atoms with Crippen LogP contribution in [0.1, 0.15) is 20.8 Å². The Labute approximate surface area is 174 Å². The molecule has 4 unspecified atom stereocenters. The van der Waals surface area contributed by atoms with E-state index >= 15 is 0 Å². The van der Waals surface area contributed by atoms with Crippen LogP contribution < -0.4 is 10.6 Å². The first-order valence-electron chi connectivity index (χ1n) is 9.75. The van der Waals surface area contributed by atoms with Crippen LogP contribution in [0.5, 0.6) is 0 Å². The predicted octanol–water partition coefficient (Wildman–Crippen LogP) is -3.39. The van der Waals surface area contributed by atoms with E-state index in [4.69, 9.17) is 18.9 Å². The van der Waals surface area contributed by atoms with Crippen molar-refractivity contribution in [3.63, 3.8) is 0 Å². The summed E-state index contributed by atoms with van der Waals surface area (Å²) in [6.07, 6.45) is -8.57. The van der Waals surface area contributed by atoms with Crippen molar-refractivity contribution in [1.29, 1.82) is 0 Å². The molecule has 0 aliphatic carbocycles. The fourth-order valence-electron chi connectivity index (χ4n) is 3.91. The van der Waals surface area contributed by atoms with Gasteiger partial charge in [0.15, 0.2) is 6.29 Å². The molecule has 174 valence electrons. The van der Waals surface area contributed by atoms with Gasteiger partial charge in [-0.25, -0.2) is 0 Å². The minimum atomic E-state index is -1.31. The third-order valence-corrected chi connectivity index (χ3v) is 5.30. The molecule has 30 heavy (non-hydrogen) atoms. The Morgan fingerprint density at radius 1 is 0.900 bits per heavy atom. The van der Waals surface area contributed by atoms with Gasteiger partial charge in [0, 0.05) is 21.0 Å². The van der Waals surface area contributed by atoms with Gasteiger partial charge in [-0.2, -0.15) is 0 Å². The van der Waals surface area contributed by atoms with Crippen LogP contribution in [0.2, 0.25) is 0 Å². The standard InChI is InChI=1S/C18H32N2O10/c1-7-12(19-8(2)23)14(25)17(11(6-22)28-7)30-18-13(20-9(3)24)15(26)16(27-4)10(5-21)29-18/h7,10-18,21-22,25-26H,5-6H2,1-4H3,(H,19,23)(H,20,24)/t7-,10?,11?,12?,13?,14+,15+,16+,17+,18-/m0/s1. The number of carbonyl (C=O) groups is 2.